The Morgan fingerprint density at radius 2 is 1.77 bits per heavy atom. The molecule has 6 nitrogen and oxygen atoms in total. The standard InChI is InChI=1S/C24H31N5O/c1-24(2,3)30-22-12-6-5-11-21(22)17-27-23(25-4)26-16-19-9-7-10-20(15-19)18-29-14-8-13-28-29/h5-15H,16-18H2,1-4H3,(H2,25,26,27). The lowest BCUT2D eigenvalue weighted by Crippen LogP contribution is -2.36. The average molecular weight is 406 g/mol. The fraction of sp³-hybridized carbons (Fsp3) is 0.333. The minimum atomic E-state index is -0.239. The molecule has 3 rings (SSSR count). The third-order valence-electron chi connectivity index (χ3n) is 4.41. The zero-order valence-corrected chi connectivity index (χ0v) is 18.2. The van der Waals surface area contributed by atoms with Gasteiger partial charge >= 0.3 is 0 Å². The van der Waals surface area contributed by atoms with Crippen LogP contribution in [-0.4, -0.2) is 28.4 Å². The number of hydrogen-bond acceptors (Lipinski definition) is 3. The highest BCUT2D eigenvalue weighted by atomic mass is 16.5. The Hall–Kier alpha value is -3.28. The number of rotatable bonds is 7. The molecule has 0 fully saturated rings. The van der Waals surface area contributed by atoms with E-state index in [1.165, 1.54) is 11.1 Å². The molecule has 1 heterocycles. The van der Waals surface area contributed by atoms with Gasteiger partial charge in [-0.1, -0.05) is 42.5 Å². The molecule has 0 amide bonds. The summed E-state index contributed by atoms with van der Waals surface area (Å²) >= 11 is 0. The van der Waals surface area contributed by atoms with Crippen LogP contribution in [0.25, 0.3) is 0 Å². The van der Waals surface area contributed by atoms with Gasteiger partial charge in [-0.25, -0.2) is 0 Å². The average Bonchev–Trinajstić information content (AvgIpc) is 3.21. The second kappa shape index (κ2) is 9.96. The summed E-state index contributed by atoms with van der Waals surface area (Å²) in [5.74, 6) is 1.64. The predicted octanol–water partition coefficient (Wildman–Crippen LogP) is 3.97. The largest absolute Gasteiger partial charge is 0.488 e. The van der Waals surface area contributed by atoms with Gasteiger partial charge < -0.3 is 15.4 Å². The highest BCUT2D eigenvalue weighted by molar-refractivity contribution is 5.79. The number of aromatic nitrogens is 2. The van der Waals surface area contributed by atoms with Gasteiger partial charge in [0.15, 0.2) is 5.96 Å². The molecule has 2 aromatic carbocycles. The third kappa shape index (κ3) is 6.65. The van der Waals surface area contributed by atoms with Gasteiger partial charge in [-0.05, 0) is 44.0 Å². The molecule has 6 heteroatoms. The van der Waals surface area contributed by atoms with Gasteiger partial charge in [0.2, 0.25) is 0 Å². The van der Waals surface area contributed by atoms with E-state index < -0.39 is 0 Å². The Kier molecular flexibility index (Phi) is 7.12. The van der Waals surface area contributed by atoms with Crippen molar-refractivity contribution in [2.24, 2.45) is 4.99 Å². The fourth-order valence-electron chi connectivity index (χ4n) is 3.08. The number of hydrogen-bond donors (Lipinski definition) is 2. The summed E-state index contributed by atoms with van der Waals surface area (Å²) in [6.45, 7) is 8.24. The molecular formula is C24H31N5O. The summed E-state index contributed by atoms with van der Waals surface area (Å²) in [7, 11) is 1.78. The molecule has 3 aromatic rings. The molecule has 158 valence electrons. The summed E-state index contributed by atoms with van der Waals surface area (Å²) in [4.78, 5) is 4.35. The van der Waals surface area contributed by atoms with Gasteiger partial charge in [0.05, 0.1) is 6.54 Å². The van der Waals surface area contributed by atoms with Crippen LogP contribution in [0.3, 0.4) is 0 Å². The smallest absolute Gasteiger partial charge is 0.191 e. The molecule has 2 N–H and O–H groups in total. The van der Waals surface area contributed by atoms with Crippen LogP contribution < -0.4 is 15.4 Å². The quantitative estimate of drug-likeness (QED) is 0.461. The van der Waals surface area contributed by atoms with Crippen LogP contribution in [0, 0.1) is 0 Å². The zero-order chi connectivity index (χ0) is 21.4. The second-order valence-electron chi connectivity index (χ2n) is 8.13. The lowest BCUT2D eigenvalue weighted by Gasteiger charge is -2.23. The molecule has 0 spiro atoms. The minimum Gasteiger partial charge on any atom is -0.488 e. The first-order valence-electron chi connectivity index (χ1n) is 10.2. The number of nitrogens with zero attached hydrogens (tertiary/aromatic N) is 3. The molecule has 1 aromatic heterocycles. The van der Waals surface area contributed by atoms with Crippen LogP contribution in [-0.2, 0) is 19.6 Å². The van der Waals surface area contributed by atoms with E-state index in [-0.39, 0.29) is 5.60 Å². The molecular weight excluding hydrogens is 374 g/mol. The zero-order valence-electron chi connectivity index (χ0n) is 18.2. The summed E-state index contributed by atoms with van der Waals surface area (Å²) in [6, 6.07) is 18.5. The normalized spacial score (nSPS) is 11.9. The van der Waals surface area contributed by atoms with E-state index in [4.69, 9.17) is 4.74 Å². The van der Waals surface area contributed by atoms with Crippen LogP contribution in [0.5, 0.6) is 5.75 Å². The Bertz CT molecular complexity index is 958. The Morgan fingerprint density at radius 1 is 1.00 bits per heavy atom. The summed E-state index contributed by atoms with van der Waals surface area (Å²) in [5.41, 5.74) is 3.27. The van der Waals surface area contributed by atoms with Crippen LogP contribution in [0.1, 0.15) is 37.5 Å². The lowest BCUT2D eigenvalue weighted by atomic mass is 10.1. The molecule has 0 aliphatic rings. The summed E-state index contributed by atoms with van der Waals surface area (Å²) < 4.78 is 8.00. The topological polar surface area (TPSA) is 63.5 Å². The number of ether oxygens (including phenoxy) is 1. The number of benzene rings is 2. The van der Waals surface area contributed by atoms with Crippen molar-refractivity contribution in [2.75, 3.05) is 7.05 Å². The minimum absolute atomic E-state index is 0.239. The predicted molar refractivity (Wildman–Crippen MR) is 122 cm³/mol. The second-order valence-corrected chi connectivity index (χ2v) is 8.13. The fourth-order valence-corrected chi connectivity index (χ4v) is 3.08. The van der Waals surface area contributed by atoms with Crippen molar-refractivity contribution in [1.29, 1.82) is 0 Å². The molecule has 0 aliphatic heterocycles. The first kappa shape index (κ1) is 21.4. The molecule has 0 radical (unpaired) electrons. The van der Waals surface area contributed by atoms with E-state index in [1.807, 2.05) is 35.1 Å². The Morgan fingerprint density at radius 3 is 2.50 bits per heavy atom. The first-order chi connectivity index (χ1) is 14.4. The van der Waals surface area contributed by atoms with Gasteiger partial charge in [-0.15, -0.1) is 0 Å². The van der Waals surface area contributed by atoms with E-state index in [1.54, 1.807) is 13.2 Å². The van der Waals surface area contributed by atoms with E-state index in [0.29, 0.717) is 13.1 Å². The van der Waals surface area contributed by atoms with Crippen molar-refractivity contribution in [2.45, 2.75) is 46.0 Å². The van der Waals surface area contributed by atoms with Crippen molar-refractivity contribution in [3.63, 3.8) is 0 Å². The van der Waals surface area contributed by atoms with Gasteiger partial charge in [0.25, 0.3) is 0 Å². The van der Waals surface area contributed by atoms with Crippen LogP contribution in [0.2, 0.25) is 0 Å². The molecule has 0 aliphatic carbocycles. The maximum absolute atomic E-state index is 6.08. The summed E-state index contributed by atoms with van der Waals surface area (Å²) in [5, 5.41) is 11.0. The molecule has 0 atom stereocenters. The molecule has 0 saturated heterocycles. The highest BCUT2D eigenvalue weighted by Crippen LogP contribution is 2.22. The maximum atomic E-state index is 6.08. The molecule has 30 heavy (non-hydrogen) atoms. The number of guanidine groups is 1. The van der Waals surface area contributed by atoms with Crippen LogP contribution in [0.4, 0.5) is 0 Å². The number of para-hydroxylation sites is 1. The van der Waals surface area contributed by atoms with Gasteiger partial charge in [-0.3, -0.25) is 9.67 Å². The monoisotopic (exact) mass is 405 g/mol. The van der Waals surface area contributed by atoms with Crippen molar-refractivity contribution in [3.8, 4) is 5.75 Å². The first-order valence-corrected chi connectivity index (χ1v) is 10.2. The van der Waals surface area contributed by atoms with Crippen molar-refractivity contribution in [3.05, 3.63) is 83.7 Å². The molecule has 0 saturated carbocycles. The van der Waals surface area contributed by atoms with Crippen molar-refractivity contribution in [1.82, 2.24) is 20.4 Å². The SMILES string of the molecule is CN=C(NCc1cccc(Cn2cccn2)c1)NCc1ccccc1OC(C)(C)C. The molecule has 0 unspecified atom stereocenters. The van der Waals surface area contributed by atoms with E-state index in [2.05, 4.69) is 71.8 Å². The maximum Gasteiger partial charge on any atom is 0.191 e. The number of nitrogens with one attached hydrogen (secondary N) is 2. The summed E-state index contributed by atoms with van der Waals surface area (Å²) in [6.07, 6.45) is 3.77. The van der Waals surface area contributed by atoms with Gasteiger partial charge in [0, 0.05) is 38.1 Å². The van der Waals surface area contributed by atoms with E-state index >= 15 is 0 Å². The Balaban J connectivity index is 1.56. The van der Waals surface area contributed by atoms with Crippen molar-refractivity contribution < 1.29 is 4.74 Å². The van der Waals surface area contributed by atoms with Crippen LogP contribution in [0.15, 0.2) is 72.0 Å². The third-order valence-corrected chi connectivity index (χ3v) is 4.41. The lowest BCUT2D eigenvalue weighted by molar-refractivity contribution is 0.129. The van der Waals surface area contributed by atoms with Gasteiger partial charge in [0.1, 0.15) is 11.4 Å². The van der Waals surface area contributed by atoms with Gasteiger partial charge in [-0.2, -0.15) is 5.10 Å². The Labute approximate surface area is 179 Å². The van der Waals surface area contributed by atoms with E-state index in [9.17, 15) is 0 Å². The van der Waals surface area contributed by atoms with Crippen LogP contribution >= 0.6 is 0 Å². The number of aliphatic imine (C=N–C) groups is 1. The molecule has 0 bridgehead atoms. The van der Waals surface area contributed by atoms with Crippen molar-refractivity contribution >= 4 is 5.96 Å². The van der Waals surface area contributed by atoms with E-state index in [0.717, 1.165) is 23.8 Å². The highest BCUT2D eigenvalue weighted by Gasteiger charge is 2.14.